The molecule has 9 heteroatoms. The highest BCUT2D eigenvalue weighted by Crippen LogP contribution is 2.12. The highest BCUT2D eigenvalue weighted by Gasteiger charge is 2.24. The van der Waals surface area contributed by atoms with E-state index in [2.05, 4.69) is 10.3 Å². The molecule has 0 radical (unpaired) electrons. The fourth-order valence-electron chi connectivity index (χ4n) is 2.39. The molecular formula is C15H20ClN3O5. The van der Waals surface area contributed by atoms with Crippen LogP contribution in [0.4, 0.5) is 4.79 Å². The maximum absolute atomic E-state index is 11.8. The Labute approximate surface area is 144 Å². The van der Waals surface area contributed by atoms with Crippen LogP contribution in [0, 0.1) is 0 Å². The average molecular weight is 358 g/mol. The third-order valence-corrected chi connectivity index (χ3v) is 3.81. The number of carbonyl (C=O) groups is 3. The van der Waals surface area contributed by atoms with Crippen molar-refractivity contribution in [2.24, 2.45) is 0 Å². The fourth-order valence-corrected chi connectivity index (χ4v) is 2.55. The summed E-state index contributed by atoms with van der Waals surface area (Å²) in [6, 6.07) is 1.37. The minimum atomic E-state index is -0.644. The van der Waals surface area contributed by atoms with Gasteiger partial charge in [0.1, 0.15) is 5.69 Å². The highest BCUT2D eigenvalue weighted by atomic mass is 35.5. The van der Waals surface area contributed by atoms with Crippen molar-refractivity contribution < 1.29 is 23.9 Å². The lowest BCUT2D eigenvalue weighted by atomic mass is 10.1. The van der Waals surface area contributed by atoms with Crippen LogP contribution in [-0.2, 0) is 14.3 Å². The van der Waals surface area contributed by atoms with Crippen LogP contribution in [-0.4, -0.2) is 60.2 Å². The SMILES string of the molecule is CCOC(=O)N1CCC(NC(=O)COC(=O)c2cc(Cl)c[nH]2)CC1. The summed E-state index contributed by atoms with van der Waals surface area (Å²) in [6.45, 7) is 2.77. The van der Waals surface area contributed by atoms with Crippen LogP contribution in [0.15, 0.2) is 12.3 Å². The van der Waals surface area contributed by atoms with Gasteiger partial charge in [-0.3, -0.25) is 4.79 Å². The van der Waals surface area contributed by atoms with E-state index in [1.807, 2.05) is 0 Å². The van der Waals surface area contributed by atoms with Crippen LogP contribution in [0.3, 0.4) is 0 Å². The lowest BCUT2D eigenvalue weighted by Crippen LogP contribution is -2.47. The number of rotatable bonds is 5. The molecule has 0 saturated carbocycles. The molecule has 1 saturated heterocycles. The van der Waals surface area contributed by atoms with E-state index < -0.39 is 5.97 Å². The van der Waals surface area contributed by atoms with Crippen LogP contribution in [0.5, 0.6) is 0 Å². The summed E-state index contributed by atoms with van der Waals surface area (Å²) in [5, 5.41) is 3.18. The first kappa shape index (κ1) is 18.1. The van der Waals surface area contributed by atoms with Crippen molar-refractivity contribution in [2.75, 3.05) is 26.3 Å². The third-order valence-electron chi connectivity index (χ3n) is 3.59. The van der Waals surface area contributed by atoms with Gasteiger partial charge in [-0.05, 0) is 25.8 Å². The van der Waals surface area contributed by atoms with Gasteiger partial charge in [0.25, 0.3) is 5.91 Å². The second-order valence-electron chi connectivity index (χ2n) is 5.34. The van der Waals surface area contributed by atoms with Gasteiger partial charge in [0.05, 0.1) is 11.6 Å². The van der Waals surface area contributed by atoms with Gasteiger partial charge in [0, 0.05) is 25.3 Å². The predicted molar refractivity (Wildman–Crippen MR) is 85.8 cm³/mol. The van der Waals surface area contributed by atoms with Gasteiger partial charge in [0.2, 0.25) is 0 Å². The number of nitrogens with zero attached hydrogens (tertiary/aromatic N) is 1. The van der Waals surface area contributed by atoms with E-state index in [1.54, 1.807) is 11.8 Å². The maximum Gasteiger partial charge on any atom is 0.409 e. The van der Waals surface area contributed by atoms with Gasteiger partial charge in [-0.15, -0.1) is 0 Å². The lowest BCUT2D eigenvalue weighted by Gasteiger charge is -2.31. The number of ether oxygens (including phenoxy) is 2. The van der Waals surface area contributed by atoms with Crippen LogP contribution >= 0.6 is 11.6 Å². The molecule has 24 heavy (non-hydrogen) atoms. The topological polar surface area (TPSA) is 101 Å². The monoisotopic (exact) mass is 357 g/mol. The Morgan fingerprint density at radius 1 is 1.33 bits per heavy atom. The molecule has 1 aromatic rings. The smallest absolute Gasteiger partial charge is 0.409 e. The van der Waals surface area contributed by atoms with Crippen molar-refractivity contribution in [2.45, 2.75) is 25.8 Å². The molecular weight excluding hydrogens is 338 g/mol. The highest BCUT2D eigenvalue weighted by molar-refractivity contribution is 6.30. The number of likely N-dealkylation sites (tertiary alicyclic amines) is 1. The number of carbonyl (C=O) groups excluding carboxylic acids is 3. The molecule has 1 fully saturated rings. The summed E-state index contributed by atoms with van der Waals surface area (Å²) in [5.41, 5.74) is 0.190. The standard InChI is InChI=1S/C15H20ClN3O5/c1-2-23-15(22)19-5-3-11(4-6-19)18-13(20)9-24-14(21)12-7-10(16)8-17-12/h7-8,11,17H,2-6,9H2,1H3,(H,18,20). The second kappa shape index (κ2) is 8.58. The number of aromatic nitrogens is 1. The number of amides is 2. The summed E-state index contributed by atoms with van der Waals surface area (Å²) in [5.74, 6) is -1.02. The normalized spacial score (nSPS) is 15.0. The third kappa shape index (κ3) is 5.16. The van der Waals surface area contributed by atoms with Gasteiger partial charge < -0.3 is 24.7 Å². The van der Waals surface area contributed by atoms with Crippen molar-refractivity contribution in [1.82, 2.24) is 15.2 Å². The molecule has 132 valence electrons. The first-order valence-electron chi connectivity index (χ1n) is 7.71. The molecule has 0 bridgehead atoms. The molecule has 0 unspecified atom stereocenters. The van der Waals surface area contributed by atoms with E-state index in [9.17, 15) is 14.4 Å². The van der Waals surface area contributed by atoms with Crippen molar-refractivity contribution in [3.8, 4) is 0 Å². The predicted octanol–water partition coefficient (Wildman–Crippen LogP) is 1.56. The first-order valence-corrected chi connectivity index (χ1v) is 8.09. The molecule has 2 heterocycles. The van der Waals surface area contributed by atoms with E-state index in [0.717, 1.165) is 0 Å². The molecule has 0 spiro atoms. The molecule has 1 aliphatic rings. The molecule has 2 N–H and O–H groups in total. The summed E-state index contributed by atoms with van der Waals surface area (Å²) < 4.78 is 9.85. The summed E-state index contributed by atoms with van der Waals surface area (Å²) in [6.07, 6.45) is 2.38. The molecule has 1 aromatic heterocycles. The molecule has 0 aliphatic carbocycles. The van der Waals surface area contributed by atoms with Gasteiger partial charge in [-0.2, -0.15) is 0 Å². The van der Waals surface area contributed by atoms with Crippen molar-refractivity contribution in [3.05, 3.63) is 23.0 Å². The number of aromatic amines is 1. The zero-order chi connectivity index (χ0) is 17.5. The van der Waals surface area contributed by atoms with Crippen molar-refractivity contribution >= 4 is 29.6 Å². The zero-order valence-electron chi connectivity index (χ0n) is 13.3. The Hall–Kier alpha value is -2.22. The lowest BCUT2D eigenvalue weighted by molar-refractivity contribution is -0.125. The number of hydrogen-bond donors (Lipinski definition) is 2. The Bertz CT molecular complexity index is 596. The molecule has 2 amide bonds. The first-order chi connectivity index (χ1) is 11.5. The van der Waals surface area contributed by atoms with E-state index in [4.69, 9.17) is 21.1 Å². The Morgan fingerprint density at radius 2 is 2.04 bits per heavy atom. The maximum atomic E-state index is 11.8. The molecule has 1 aliphatic heterocycles. The summed E-state index contributed by atoms with van der Waals surface area (Å²) >= 11 is 5.69. The largest absolute Gasteiger partial charge is 0.451 e. The van der Waals surface area contributed by atoms with Crippen molar-refractivity contribution in [3.63, 3.8) is 0 Å². The van der Waals surface area contributed by atoms with E-state index in [1.165, 1.54) is 12.3 Å². The number of halogens is 1. The summed E-state index contributed by atoms with van der Waals surface area (Å²) in [7, 11) is 0. The molecule has 0 atom stereocenters. The number of nitrogens with one attached hydrogen (secondary N) is 2. The zero-order valence-corrected chi connectivity index (χ0v) is 14.1. The second-order valence-corrected chi connectivity index (χ2v) is 5.77. The Kier molecular flexibility index (Phi) is 6.48. The van der Waals surface area contributed by atoms with Crippen LogP contribution in [0.25, 0.3) is 0 Å². The van der Waals surface area contributed by atoms with Crippen LogP contribution in [0.2, 0.25) is 5.02 Å². The molecule has 8 nitrogen and oxygen atoms in total. The van der Waals surface area contributed by atoms with E-state index >= 15 is 0 Å². The minimum Gasteiger partial charge on any atom is -0.451 e. The number of H-pyrrole nitrogens is 1. The van der Waals surface area contributed by atoms with Crippen molar-refractivity contribution in [1.29, 1.82) is 0 Å². The van der Waals surface area contributed by atoms with Gasteiger partial charge in [-0.25, -0.2) is 9.59 Å². The molecule has 0 aromatic carbocycles. The van der Waals surface area contributed by atoms with Gasteiger partial charge >= 0.3 is 12.1 Å². The quantitative estimate of drug-likeness (QED) is 0.779. The van der Waals surface area contributed by atoms with Gasteiger partial charge in [0.15, 0.2) is 6.61 Å². The van der Waals surface area contributed by atoms with E-state index in [0.29, 0.717) is 37.6 Å². The Morgan fingerprint density at radius 3 is 2.62 bits per heavy atom. The van der Waals surface area contributed by atoms with Crippen LogP contribution in [0.1, 0.15) is 30.3 Å². The number of piperidine rings is 1. The van der Waals surface area contributed by atoms with E-state index in [-0.39, 0.29) is 30.3 Å². The summed E-state index contributed by atoms with van der Waals surface area (Å²) in [4.78, 5) is 39.4. The Balaban J connectivity index is 1.68. The van der Waals surface area contributed by atoms with Crippen LogP contribution < -0.4 is 5.32 Å². The van der Waals surface area contributed by atoms with Gasteiger partial charge in [-0.1, -0.05) is 11.6 Å². The fraction of sp³-hybridized carbons (Fsp3) is 0.533. The minimum absolute atomic E-state index is 0.0539. The molecule has 2 rings (SSSR count). The number of hydrogen-bond acceptors (Lipinski definition) is 5. The average Bonchev–Trinajstić information content (AvgIpc) is 3.00. The number of esters is 1.